The van der Waals surface area contributed by atoms with Crippen LogP contribution in [0.15, 0.2) is 0 Å². The largest absolute Gasteiger partial charge is 0.376 e. The van der Waals surface area contributed by atoms with Gasteiger partial charge in [0.05, 0.1) is 6.10 Å². The van der Waals surface area contributed by atoms with E-state index in [1.807, 2.05) is 0 Å². The van der Waals surface area contributed by atoms with Crippen LogP contribution in [0.5, 0.6) is 0 Å². The lowest BCUT2D eigenvalue weighted by atomic mass is 9.72. The molecule has 11 heavy (non-hydrogen) atoms. The third kappa shape index (κ3) is 1.30. The molecule has 1 aliphatic heterocycles. The van der Waals surface area contributed by atoms with Gasteiger partial charge in [0, 0.05) is 12.1 Å². The van der Waals surface area contributed by atoms with E-state index in [0.29, 0.717) is 6.10 Å². The maximum atomic E-state index is 6.15. The van der Waals surface area contributed by atoms with Gasteiger partial charge in [-0.2, -0.15) is 0 Å². The highest BCUT2D eigenvalue weighted by Crippen LogP contribution is 2.37. The quantitative estimate of drug-likeness (QED) is 0.622. The van der Waals surface area contributed by atoms with Crippen LogP contribution >= 0.6 is 0 Å². The molecule has 0 aromatic heterocycles. The highest BCUT2D eigenvalue weighted by atomic mass is 16.5. The maximum absolute atomic E-state index is 6.15. The van der Waals surface area contributed by atoms with Gasteiger partial charge in [-0.05, 0) is 38.5 Å². The summed E-state index contributed by atoms with van der Waals surface area (Å²) in [6, 6.07) is 0. The Morgan fingerprint density at radius 1 is 1.18 bits per heavy atom. The van der Waals surface area contributed by atoms with Gasteiger partial charge in [0.2, 0.25) is 0 Å². The van der Waals surface area contributed by atoms with E-state index in [9.17, 15) is 0 Å². The van der Waals surface area contributed by atoms with Gasteiger partial charge in [0.1, 0.15) is 0 Å². The Labute approximate surface area is 68.1 Å². The van der Waals surface area contributed by atoms with E-state index in [2.05, 4.69) is 0 Å². The summed E-state index contributed by atoms with van der Waals surface area (Å²) < 4.78 is 5.66. The molecule has 2 fully saturated rings. The third-order valence-corrected chi connectivity index (χ3v) is 3.11. The van der Waals surface area contributed by atoms with E-state index < -0.39 is 0 Å². The van der Waals surface area contributed by atoms with Gasteiger partial charge in [-0.25, -0.2) is 0 Å². The van der Waals surface area contributed by atoms with Gasteiger partial charge in [0.15, 0.2) is 0 Å². The van der Waals surface area contributed by atoms with Crippen LogP contribution in [0.2, 0.25) is 0 Å². The van der Waals surface area contributed by atoms with Gasteiger partial charge in [-0.3, -0.25) is 0 Å². The number of rotatable bonds is 1. The summed E-state index contributed by atoms with van der Waals surface area (Å²) in [7, 11) is 0. The van der Waals surface area contributed by atoms with Gasteiger partial charge < -0.3 is 10.5 Å². The molecule has 2 nitrogen and oxygen atoms in total. The molecule has 2 aliphatic rings. The summed E-state index contributed by atoms with van der Waals surface area (Å²) in [6.07, 6.45) is 7.77. The Bertz CT molecular complexity index is 136. The zero-order valence-corrected chi connectivity index (χ0v) is 7.01. The van der Waals surface area contributed by atoms with Crippen molar-refractivity contribution in [3.8, 4) is 0 Å². The first-order valence-corrected chi connectivity index (χ1v) is 4.72. The van der Waals surface area contributed by atoms with E-state index in [4.69, 9.17) is 10.5 Å². The molecule has 0 aromatic carbocycles. The van der Waals surface area contributed by atoms with Crippen molar-refractivity contribution in [2.75, 3.05) is 6.61 Å². The fourth-order valence-electron chi connectivity index (χ4n) is 2.10. The van der Waals surface area contributed by atoms with Crippen LogP contribution in [0.4, 0.5) is 0 Å². The molecule has 0 radical (unpaired) electrons. The summed E-state index contributed by atoms with van der Waals surface area (Å²) in [5, 5.41) is 0. The van der Waals surface area contributed by atoms with Crippen LogP contribution in [-0.4, -0.2) is 18.2 Å². The molecule has 2 rings (SSSR count). The first-order chi connectivity index (χ1) is 5.31. The summed E-state index contributed by atoms with van der Waals surface area (Å²) in [6.45, 7) is 0.934. The average molecular weight is 155 g/mol. The molecule has 2 heteroatoms. The van der Waals surface area contributed by atoms with E-state index in [1.54, 1.807) is 0 Å². The number of ether oxygens (including phenoxy) is 1. The van der Waals surface area contributed by atoms with Crippen LogP contribution in [0.25, 0.3) is 0 Å². The van der Waals surface area contributed by atoms with Crippen LogP contribution < -0.4 is 5.73 Å². The van der Waals surface area contributed by atoms with Crippen LogP contribution in [0.3, 0.4) is 0 Å². The zero-order valence-electron chi connectivity index (χ0n) is 7.01. The van der Waals surface area contributed by atoms with Crippen molar-refractivity contribution in [1.29, 1.82) is 0 Å². The second kappa shape index (κ2) is 2.76. The lowest BCUT2D eigenvalue weighted by Gasteiger charge is -2.45. The van der Waals surface area contributed by atoms with Crippen LogP contribution in [0, 0.1) is 0 Å². The molecule has 1 heterocycles. The van der Waals surface area contributed by atoms with Crippen molar-refractivity contribution in [3.05, 3.63) is 0 Å². The second-order valence-electron chi connectivity index (χ2n) is 3.94. The molecule has 64 valence electrons. The SMILES string of the molecule is NC1([C@@H]2CCCCO2)CCC1. The van der Waals surface area contributed by atoms with Crippen molar-refractivity contribution < 1.29 is 4.74 Å². The predicted molar refractivity (Wildman–Crippen MR) is 44.4 cm³/mol. The highest BCUT2D eigenvalue weighted by molar-refractivity contribution is 4.99. The van der Waals surface area contributed by atoms with E-state index >= 15 is 0 Å². The molecule has 2 N–H and O–H groups in total. The van der Waals surface area contributed by atoms with E-state index in [1.165, 1.54) is 38.5 Å². The molecule has 1 saturated carbocycles. The van der Waals surface area contributed by atoms with Gasteiger partial charge in [0.25, 0.3) is 0 Å². The standard InChI is InChI=1S/C9H17NO/c10-9(5-3-6-9)8-4-1-2-7-11-8/h8H,1-7,10H2/t8-/m0/s1. The van der Waals surface area contributed by atoms with Crippen molar-refractivity contribution >= 4 is 0 Å². The minimum absolute atomic E-state index is 0.0699. The van der Waals surface area contributed by atoms with Crippen molar-refractivity contribution in [3.63, 3.8) is 0 Å². The van der Waals surface area contributed by atoms with Crippen LogP contribution in [-0.2, 0) is 4.74 Å². The summed E-state index contributed by atoms with van der Waals surface area (Å²) >= 11 is 0. The average Bonchev–Trinajstić information content (AvgIpc) is 2.02. The molecule has 0 spiro atoms. The molecule has 0 unspecified atom stereocenters. The topological polar surface area (TPSA) is 35.2 Å². The number of nitrogens with two attached hydrogens (primary N) is 1. The minimum atomic E-state index is 0.0699. The fourth-order valence-corrected chi connectivity index (χ4v) is 2.10. The Morgan fingerprint density at radius 2 is 2.00 bits per heavy atom. The Hall–Kier alpha value is -0.0800. The normalized spacial score (nSPS) is 36.3. The summed E-state index contributed by atoms with van der Waals surface area (Å²) in [5.74, 6) is 0. The molecule has 0 aromatic rings. The molecular weight excluding hydrogens is 138 g/mol. The van der Waals surface area contributed by atoms with Crippen molar-refractivity contribution in [2.24, 2.45) is 5.73 Å². The van der Waals surface area contributed by atoms with Crippen molar-refractivity contribution in [1.82, 2.24) is 0 Å². The van der Waals surface area contributed by atoms with Gasteiger partial charge in [-0.15, -0.1) is 0 Å². The Kier molecular flexibility index (Phi) is 1.90. The summed E-state index contributed by atoms with van der Waals surface area (Å²) in [5.41, 5.74) is 6.22. The maximum Gasteiger partial charge on any atom is 0.0754 e. The monoisotopic (exact) mass is 155 g/mol. The molecule has 1 aliphatic carbocycles. The molecule has 1 saturated heterocycles. The van der Waals surface area contributed by atoms with E-state index in [0.717, 1.165) is 6.61 Å². The molecule has 0 bridgehead atoms. The van der Waals surface area contributed by atoms with Crippen LogP contribution in [0.1, 0.15) is 38.5 Å². The molecule has 1 atom stereocenters. The second-order valence-corrected chi connectivity index (χ2v) is 3.94. The molecular formula is C9H17NO. The Balaban J connectivity index is 1.91. The first-order valence-electron chi connectivity index (χ1n) is 4.72. The minimum Gasteiger partial charge on any atom is -0.376 e. The summed E-state index contributed by atoms with van der Waals surface area (Å²) in [4.78, 5) is 0. The molecule has 0 amide bonds. The number of hydrogen-bond donors (Lipinski definition) is 1. The third-order valence-electron chi connectivity index (χ3n) is 3.11. The first kappa shape index (κ1) is 7.56. The predicted octanol–water partition coefficient (Wildman–Crippen LogP) is 1.44. The van der Waals surface area contributed by atoms with Gasteiger partial charge in [-0.1, -0.05) is 0 Å². The Morgan fingerprint density at radius 3 is 2.45 bits per heavy atom. The zero-order chi connectivity index (χ0) is 7.73. The van der Waals surface area contributed by atoms with E-state index in [-0.39, 0.29) is 5.54 Å². The lowest BCUT2D eigenvalue weighted by Crippen LogP contribution is -2.57. The van der Waals surface area contributed by atoms with Crippen molar-refractivity contribution in [2.45, 2.75) is 50.2 Å². The van der Waals surface area contributed by atoms with Gasteiger partial charge >= 0.3 is 0 Å². The fraction of sp³-hybridized carbons (Fsp3) is 1.00. The smallest absolute Gasteiger partial charge is 0.0754 e. The number of hydrogen-bond acceptors (Lipinski definition) is 2. The highest BCUT2D eigenvalue weighted by Gasteiger charge is 2.41. The lowest BCUT2D eigenvalue weighted by molar-refractivity contribution is -0.0576.